The molecule has 162 valence electrons. The molecule has 2 heterocycles. The van der Waals surface area contributed by atoms with E-state index in [4.69, 9.17) is 14.0 Å². The highest BCUT2D eigenvalue weighted by molar-refractivity contribution is 7.92. The van der Waals surface area contributed by atoms with Crippen LogP contribution in [0.4, 0.5) is 5.69 Å². The largest absolute Gasteiger partial charge is 0.497 e. The standard InChI is InChI=1S/C20H20N4O6S/c1-28-14-7-5-6-13(10-14)19-22-18(30-23-19)11-21-20(25)17-12-24(31(2,26)27)15-8-3-4-9-16(15)29-17/h3-10,17H,11-12H2,1-2H3,(H,21,25)/t17-/m1/s1. The fraction of sp³-hybridized carbons (Fsp3) is 0.250. The zero-order chi connectivity index (χ0) is 22.0. The Morgan fingerprint density at radius 3 is 2.84 bits per heavy atom. The van der Waals surface area contributed by atoms with Crippen LogP contribution in [0, 0.1) is 0 Å². The van der Waals surface area contributed by atoms with Crippen LogP contribution in [-0.4, -0.2) is 50.5 Å². The first-order valence-corrected chi connectivity index (χ1v) is 11.2. The Morgan fingerprint density at radius 2 is 2.06 bits per heavy atom. The van der Waals surface area contributed by atoms with Gasteiger partial charge in [0.2, 0.25) is 21.7 Å². The average Bonchev–Trinajstić information content (AvgIpc) is 3.25. The van der Waals surface area contributed by atoms with E-state index in [-0.39, 0.29) is 19.0 Å². The fourth-order valence-corrected chi connectivity index (χ4v) is 4.05. The maximum atomic E-state index is 12.7. The summed E-state index contributed by atoms with van der Waals surface area (Å²) in [6, 6.07) is 13.8. The molecule has 31 heavy (non-hydrogen) atoms. The van der Waals surface area contributed by atoms with Crippen LogP contribution in [-0.2, 0) is 21.4 Å². The number of aromatic nitrogens is 2. The SMILES string of the molecule is COc1cccc(-c2noc(CNC(=O)[C@H]3CN(S(C)(=O)=O)c4ccccc4O3)n2)c1. The Morgan fingerprint density at radius 1 is 1.26 bits per heavy atom. The molecule has 11 heteroatoms. The highest BCUT2D eigenvalue weighted by Gasteiger charge is 2.34. The molecule has 2 aromatic carbocycles. The van der Waals surface area contributed by atoms with Crippen molar-refractivity contribution in [1.82, 2.24) is 15.5 Å². The van der Waals surface area contributed by atoms with Crippen molar-refractivity contribution in [3.8, 4) is 22.9 Å². The second-order valence-electron chi connectivity index (χ2n) is 6.83. The number of fused-ring (bicyclic) bond motifs is 1. The number of rotatable bonds is 6. The number of sulfonamides is 1. The number of nitrogens with one attached hydrogen (secondary N) is 1. The summed E-state index contributed by atoms with van der Waals surface area (Å²) in [5.41, 5.74) is 1.10. The van der Waals surface area contributed by atoms with Gasteiger partial charge in [0, 0.05) is 5.56 Å². The van der Waals surface area contributed by atoms with Crippen LogP contribution in [0.2, 0.25) is 0 Å². The van der Waals surface area contributed by atoms with Gasteiger partial charge in [0.15, 0.2) is 6.10 Å². The van der Waals surface area contributed by atoms with Gasteiger partial charge in [0.1, 0.15) is 11.5 Å². The molecule has 4 rings (SSSR count). The van der Waals surface area contributed by atoms with E-state index >= 15 is 0 Å². The van der Waals surface area contributed by atoms with E-state index < -0.39 is 22.0 Å². The normalized spacial score (nSPS) is 15.7. The number of anilines is 1. The Kier molecular flexibility index (Phi) is 5.51. The van der Waals surface area contributed by atoms with Crippen molar-refractivity contribution >= 4 is 21.6 Å². The van der Waals surface area contributed by atoms with E-state index in [1.165, 1.54) is 0 Å². The summed E-state index contributed by atoms with van der Waals surface area (Å²) < 4.78 is 41.6. The van der Waals surface area contributed by atoms with Crippen molar-refractivity contribution in [2.45, 2.75) is 12.6 Å². The lowest BCUT2D eigenvalue weighted by atomic mass is 10.2. The van der Waals surface area contributed by atoms with Gasteiger partial charge in [0.25, 0.3) is 5.91 Å². The number of amides is 1. The Labute approximate surface area is 178 Å². The van der Waals surface area contributed by atoms with E-state index in [0.29, 0.717) is 28.6 Å². The minimum atomic E-state index is -3.58. The van der Waals surface area contributed by atoms with Crippen LogP contribution in [0.25, 0.3) is 11.4 Å². The van der Waals surface area contributed by atoms with Gasteiger partial charge < -0.3 is 19.3 Å². The lowest BCUT2D eigenvalue weighted by molar-refractivity contribution is -0.128. The number of nitrogens with zero attached hydrogens (tertiary/aromatic N) is 3. The maximum Gasteiger partial charge on any atom is 0.263 e. The van der Waals surface area contributed by atoms with Gasteiger partial charge in [-0.3, -0.25) is 9.10 Å². The molecule has 0 fully saturated rings. The van der Waals surface area contributed by atoms with Crippen molar-refractivity contribution in [2.24, 2.45) is 0 Å². The number of methoxy groups -OCH3 is 1. The Bertz CT molecular complexity index is 1210. The molecule has 1 N–H and O–H groups in total. The van der Waals surface area contributed by atoms with Crippen LogP contribution in [0.15, 0.2) is 53.1 Å². The smallest absolute Gasteiger partial charge is 0.263 e. The lowest BCUT2D eigenvalue weighted by Crippen LogP contribution is -2.50. The molecule has 1 amide bonds. The van der Waals surface area contributed by atoms with Crippen molar-refractivity contribution in [2.75, 3.05) is 24.2 Å². The van der Waals surface area contributed by atoms with Crippen molar-refractivity contribution in [3.63, 3.8) is 0 Å². The number of para-hydroxylation sites is 2. The van der Waals surface area contributed by atoms with Gasteiger partial charge >= 0.3 is 0 Å². The van der Waals surface area contributed by atoms with Gasteiger partial charge in [0.05, 0.1) is 32.1 Å². The number of ether oxygens (including phenoxy) is 2. The molecule has 1 aliphatic rings. The first-order valence-electron chi connectivity index (χ1n) is 9.33. The molecule has 0 spiro atoms. The molecule has 0 saturated heterocycles. The third kappa shape index (κ3) is 4.45. The number of carbonyl (C=O) groups is 1. The molecule has 0 unspecified atom stereocenters. The summed E-state index contributed by atoms with van der Waals surface area (Å²) in [6.45, 7) is -0.170. The summed E-state index contributed by atoms with van der Waals surface area (Å²) in [5.74, 6) is 1.03. The minimum Gasteiger partial charge on any atom is -0.497 e. The van der Waals surface area contributed by atoms with Crippen molar-refractivity contribution in [1.29, 1.82) is 0 Å². The second-order valence-corrected chi connectivity index (χ2v) is 8.74. The molecule has 1 aromatic heterocycles. The van der Waals surface area contributed by atoms with Gasteiger partial charge in [-0.2, -0.15) is 4.98 Å². The second kappa shape index (κ2) is 8.26. The first kappa shape index (κ1) is 20.7. The Hall–Kier alpha value is -3.60. The first-order chi connectivity index (χ1) is 14.8. The van der Waals surface area contributed by atoms with Crippen LogP contribution in [0.5, 0.6) is 11.5 Å². The molecule has 3 aromatic rings. The molecular weight excluding hydrogens is 424 g/mol. The zero-order valence-electron chi connectivity index (χ0n) is 16.8. The molecule has 1 aliphatic heterocycles. The molecule has 0 aliphatic carbocycles. The van der Waals surface area contributed by atoms with Crippen molar-refractivity contribution in [3.05, 3.63) is 54.4 Å². The summed E-state index contributed by atoms with van der Waals surface area (Å²) in [5, 5.41) is 6.57. The van der Waals surface area contributed by atoms with E-state index in [9.17, 15) is 13.2 Å². The van der Waals surface area contributed by atoms with Crippen molar-refractivity contribution < 1.29 is 27.2 Å². The van der Waals surface area contributed by atoms with Gasteiger partial charge in [-0.1, -0.05) is 29.4 Å². The van der Waals surface area contributed by atoms with Gasteiger partial charge in [-0.05, 0) is 24.3 Å². The van der Waals surface area contributed by atoms with Crippen LogP contribution in [0.3, 0.4) is 0 Å². The zero-order valence-corrected chi connectivity index (χ0v) is 17.6. The summed E-state index contributed by atoms with van der Waals surface area (Å²) in [4.78, 5) is 16.9. The fourth-order valence-electron chi connectivity index (χ4n) is 3.14. The number of carbonyl (C=O) groups excluding carboxylic acids is 1. The monoisotopic (exact) mass is 444 g/mol. The molecule has 10 nitrogen and oxygen atoms in total. The van der Waals surface area contributed by atoms with Crippen LogP contribution in [0.1, 0.15) is 5.89 Å². The molecule has 1 atom stereocenters. The van der Waals surface area contributed by atoms with E-state index in [1.807, 2.05) is 6.07 Å². The third-order valence-electron chi connectivity index (χ3n) is 4.64. The highest BCUT2D eigenvalue weighted by atomic mass is 32.2. The molecule has 0 radical (unpaired) electrons. The molecule has 0 saturated carbocycles. The summed E-state index contributed by atoms with van der Waals surface area (Å²) in [7, 11) is -2.02. The number of hydrogen-bond donors (Lipinski definition) is 1. The number of hydrogen-bond acceptors (Lipinski definition) is 8. The van der Waals surface area contributed by atoms with Gasteiger partial charge in [-0.25, -0.2) is 8.42 Å². The molecule has 0 bridgehead atoms. The topological polar surface area (TPSA) is 124 Å². The minimum absolute atomic E-state index is 0.0316. The highest BCUT2D eigenvalue weighted by Crippen LogP contribution is 2.34. The maximum absolute atomic E-state index is 12.7. The molecular formula is C20H20N4O6S. The average molecular weight is 444 g/mol. The third-order valence-corrected chi connectivity index (χ3v) is 5.78. The Balaban J connectivity index is 1.44. The summed E-state index contributed by atoms with van der Waals surface area (Å²) >= 11 is 0. The van der Waals surface area contributed by atoms with Crippen LogP contribution < -0.4 is 19.1 Å². The van der Waals surface area contributed by atoms with E-state index in [0.717, 1.165) is 10.6 Å². The lowest BCUT2D eigenvalue weighted by Gasteiger charge is -2.33. The van der Waals surface area contributed by atoms with E-state index in [2.05, 4.69) is 15.5 Å². The summed E-state index contributed by atoms with van der Waals surface area (Å²) in [6.07, 6.45) is 0.0631. The van der Waals surface area contributed by atoms with Crippen LogP contribution >= 0.6 is 0 Å². The number of benzene rings is 2. The quantitative estimate of drug-likeness (QED) is 0.608. The predicted molar refractivity (Wildman–Crippen MR) is 111 cm³/mol. The van der Waals surface area contributed by atoms with Gasteiger partial charge in [-0.15, -0.1) is 0 Å². The van der Waals surface area contributed by atoms with E-state index in [1.54, 1.807) is 49.6 Å². The predicted octanol–water partition coefficient (Wildman–Crippen LogP) is 1.59.